The molecule has 2 fully saturated rings. The van der Waals surface area contributed by atoms with Gasteiger partial charge < -0.3 is 19.9 Å². The van der Waals surface area contributed by atoms with Crippen molar-refractivity contribution in [2.24, 2.45) is 0 Å². The van der Waals surface area contributed by atoms with Crippen molar-refractivity contribution >= 4 is 5.91 Å². The number of rotatable bonds is 4. The Hall–Kier alpha value is -1.79. The van der Waals surface area contributed by atoms with Crippen molar-refractivity contribution < 1.29 is 19.4 Å². The quantitative estimate of drug-likeness (QED) is 0.860. The van der Waals surface area contributed by atoms with Gasteiger partial charge in [-0.1, -0.05) is 12.1 Å². The van der Waals surface area contributed by atoms with E-state index in [1.54, 1.807) is 0 Å². The molecule has 0 spiro atoms. The molecule has 1 amide bonds. The Morgan fingerprint density at radius 1 is 1.28 bits per heavy atom. The SMILES string of the molecule is C[C@H](C(=O)NC[C@@H]1COc2ccccc2O1)N1[C@H]2CC[C@H]1CC(O)C2. The van der Waals surface area contributed by atoms with Gasteiger partial charge >= 0.3 is 0 Å². The number of aliphatic hydroxyl groups is 1. The van der Waals surface area contributed by atoms with E-state index in [1.807, 2.05) is 31.2 Å². The van der Waals surface area contributed by atoms with Gasteiger partial charge in [0.2, 0.25) is 5.91 Å². The maximum absolute atomic E-state index is 12.6. The first-order valence-corrected chi connectivity index (χ1v) is 9.23. The second-order valence-corrected chi connectivity index (χ2v) is 7.38. The minimum atomic E-state index is -0.211. The van der Waals surface area contributed by atoms with E-state index in [2.05, 4.69) is 10.2 Å². The first-order chi connectivity index (χ1) is 12.1. The van der Waals surface area contributed by atoms with E-state index in [9.17, 15) is 9.90 Å². The van der Waals surface area contributed by atoms with E-state index in [0.717, 1.165) is 37.2 Å². The number of nitrogens with zero attached hydrogens (tertiary/aromatic N) is 1. The van der Waals surface area contributed by atoms with Gasteiger partial charge in [-0.15, -0.1) is 0 Å². The number of aliphatic hydroxyl groups excluding tert-OH is 1. The Balaban J connectivity index is 1.31. The van der Waals surface area contributed by atoms with Crippen LogP contribution in [0.4, 0.5) is 0 Å². The lowest BCUT2D eigenvalue weighted by Crippen LogP contribution is -2.55. The van der Waals surface area contributed by atoms with Crippen LogP contribution in [0.25, 0.3) is 0 Å². The van der Waals surface area contributed by atoms with E-state index >= 15 is 0 Å². The number of hydrogen-bond donors (Lipinski definition) is 2. The minimum absolute atomic E-state index is 0.0238. The highest BCUT2D eigenvalue weighted by Crippen LogP contribution is 2.37. The van der Waals surface area contributed by atoms with Gasteiger partial charge in [0, 0.05) is 12.1 Å². The lowest BCUT2D eigenvalue weighted by Gasteiger charge is -2.40. The average Bonchev–Trinajstić information content (AvgIpc) is 2.90. The summed E-state index contributed by atoms with van der Waals surface area (Å²) in [5.74, 6) is 1.50. The average molecular weight is 346 g/mol. The Bertz CT molecular complexity index is 624. The van der Waals surface area contributed by atoms with Gasteiger partial charge in [-0.2, -0.15) is 0 Å². The number of fused-ring (bicyclic) bond motifs is 3. The summed E-state index contributed by atoms with van der Waals surface area (Å²) < 4.78 is 11.6. The second kappa shape index (κ2) is 6.84. The third-order valence-electron chi connectivity index (χ3n) is 5.66. The van der Waals surface area contributed by atoms with E-state index in [1.165, 1.54) is 0 Å². The molecule has 136 valence electrons. The predicted molar refractivity (Wildman–Crippen MR) is 92.7 cm³/mol. The van der Waals surface area contributed by atoms with Crippen LogP contribution in [-0.2, 0) is 4.79 Å². The van der Waals surface area contributed by atoms with Crippen molar-refractivity contribution in [1.82, 2.24) is 10.2 Å². The smallest absolute Gasteiger partial charge is 0.237 e. The van der Waals surface area contributed by atoms with E-state index in [0.29, 0.717) is 25.2 Å². The molecular formula is C19H26N2O4. The van der Waals surface area contributed by atoms with Crippen LogP contribution in [0.15, 0.2) is 24.3 Å². The molecule has 3 heterocycles. The number of carbonyl (C=O) groups excluding carboxylic acids is 1. The van der Waals surface area contributed by atoms with Crippen molar-refractivity contribution in [1.29, 1.82) is 0 Å². The zero-order valence-corrected chi connectivity index (χ0v) is 14.6. The maximum atomic E-state index is 12.6. The van der Waals surface area contributed by atoms with Gasteiger partial charge in [0.05, 0.1) is 18.7 Å². The molecule has 3 aliphatic rings. The summed E-state index contributed by atoms with van der Waals surface area (Å²) in [6.07, 6.45) is 3.34. The third kappa shape index (κ3) is 3.33. The molecule has 0 aliphatic carbocycles. The largest absolute Gasteiger partial charge is 0.486 e. The van der Waals surface area contributed by atoms with Crippen molar-refractivity contribution in [2.75, 3.05) is 13.2 Å². The highest BCUT2D eigenvalue weighted by molar-refractivity contribution is 5.81. The highest BCUT2D eigenvalue weighted by atomic mass is 16.6. The van der Waals surface area contributed by atoms with E-state index in [4.69, 9.17) is 9.47 Å². The molecule has 2 N–H and O–H groups in total. The molecule has 1 aromatic rings. The number of benzene rings is 1. The van der Waals surface area contributed by atoms with Gasteiger partial charge in [-0.25, -0.2) is 0 Å². The fourth-order valence-electron chi connectivity index (χ4n) is 4.48. The van der Waals surface area contributed by atoms with E-state index < -0.39 is 0 Å². The molecule has 0 aromatic heterocycles. The Labute approximate surface area is 148 Å². The molecule has 4 atom stereocenters. The molecular weight excluding hydrogens is 320 g/mol. The maximum Gasteiger partial charge on any atom is 0.237 e. The van der Waals surface area contributed by atoms with Gasteiger partial charge in [-0.3, -0.25) is 9.69 Å². The van der Waals surface area contributed by atoms with Crippen LogP contribution in [0, 0.1) is 0 Å². The molecule has 0 saturated carbocycles. The summed E-state index contributed by atoms with van der Waals surface area (Å²) in [6, 6.07) is 8.06. The number of ether oxygens (including phenoxy) is 2. The molecule has 2 bridgehead atoms. The van der Waals surface area contributed by atoms with Crippen LogP contribution in [-0.4, -0.2) is 59.4 Å². The van der Waals surface area contributed by atoms with Crippen molar-refractivity contribution in [3.8, 4) is 11.5 Å². The molecule has 6 heteroatoms. The number of nitrogens with one attached hydrogen (secondary N) is 1. The molecule has 25 heavy (non-hydrogen) atoms. The fraction of sp³-hybridized carbons (Fsp3) is 0.632. The van der Waals surface area contributed by atoms with Gasteiger partial charge in [0.1, 0.15) is 12.7 Å². The molecule has 3 aliphatic heterocycles. The molecule has 2 saturated heterocycles. The summed E-state index contributed by atoms with van der Waals surface area (Å²) in [7, 11) is 0. The van der Waals surface area contributed by atoms with Crippen LogP contribution in [0.3, 0.4) is 0 Å². The summed E-state index contributed by atoms with van der Waals surface area (Å²) in [4.78, 5) is 14.9. The highest BCUT2D eigenvalue weighted by Gasteiger charge is 2.44. The minimum Gasteiger partial charge on any atom is -0.486 e. The van der Waals surface area contributed by atoms with Crippen LogP contribution in [0.1, 0.15) is 32.6 Å². The number of carbonyl (C=O) groups is 1. The topological polar surface area (TPSA) is 71.0 Å². The molecule has 1 aromatic carbocycles. The predicted octanol–water partition coefficient (Wildman–Crippen LogP) is 1.32. The number of piperidine rings is 1. The van der Waals surface area contributed by atoms with Crippen LogP contribution < -0.4 is 14.8 Å². The lowest BCUT2D eigenvalue weighted by molar-refractivity contribution is -0.129. The molecule has 4 rings (SSSR count). The molecule has 0 unspecified atom stereocenters. The monoisotopic (exact) mass is 346 g/mol. The number of para-hydroxylation sites is 2. The number of amides is 1. The first-order valence-electron chi connectivity index (χ1n) is 9.23. The Morgan fingerprint density at radius 3 is 2.68 bits per heavy atom. The lowest BCUT2D eigenvalue weighted by atomic mass is 9.98. The molecule has 0 radical (unpaired) electrons. The van der Waals surface area contributed by atoms with Crippen LogP contribution in [0.5, 0.6) is 11.5 Å². The van der Waals surface area contributed by atoms with E-state index in [-0.39, 0.29) is 24.2 Å². The summed E-state index contributed by atoms with van der Waals surface area (Å²) in [6.45, 7) is 2.84. The zero-order chi connectivity index (χ0) is 17.4. The fourth-order valence-corrected chi connectivity index (χ4v) is 4.48. The van der Waals surface area contributed by atoms with Crippen molar-refractivity contribution in [3.63, 3.8) is 0 Å². The Morgan fingerprint density at radius 2 is 1.96 bits per heavy atom. The van der Waals surface area contributed by atoms with Crippen molar-refractivity contribution in [2.45, 2.75) is 62.9 Å². The summed E-state index contributed by atoms with van der Waals surface area (Å²) >= 11 is 0. The Kier molecular flexibility index (Phi) is 4.56. The second-order valence-electron chi connectivity index (χ2n) is 7.38. The van der Waals surface area contributed by atoms with Crippen molar-refractivity contribution in [3.05, 3.63) is 24.3 Å². The standard InChI is InChI=1S/C19H26N2O4/c1-12(21-13-6-7-14(21)9-15(22)8-13)19(23)20-10-16-11-24-17-4-2-3-5-18(17)25-16/h2-5,12-16,22H,6-11H2,1H3,(H,20,23)/t12-,13+,14+,16-/m1/s1. The third-order valence-corrected chi connectivity index (χ3v) is 5.66. The summed E-state index contributed by atoms with van der Waals surface area (Å²) in [5, 5.41) is 12.9. The summed E-state index contributed by atoms with van der Waals surface area (Å²) in [5.41, 5.74) is 0. The van der Waals surface area contributed by atoms with Crippen LogP contribution in [0.2, 0.25) is 0 Å². The van der Waals surface area contributed by atoms with Gasteiger partial charge in [-0.05, 0) is 44.7 Å². The van der Waals surface area contributed by atoms with Gasteiger partial charge in [0.25, 0.3) is 0 Å². The normalized spacial score (nSPS) is 32.2. The first kappa shape index (κ1) is 16.7. The number of hydrogen-bond acceptors (Lipinski definition) is 5. The molecule has 6 nitrogen and oxygen atoms in total. The van der Waals surface area contributed by atoms with Gasteiger partial charge in [0.15, 0.2) is 11.5 Å². The van der Waals surface area contributed by atoms with Crippen LogP contribution >= 0.6 is 0 Å². The zero-order valence-electron chi connectivity index (χ0n) is 14.6.